The lowest BCUT2D eigenvalue weighted by Gasteiger charge is -2.24. The number of hydrogen-bond acceptors (Lipinski definition) is 7. The summed E-state index contributed by atoms with van der Waals surface area (Å²) in [5, 5.41) is 0. The predicted molar refractivity (Wildman–Crippen MR) is 234 cm³/mol. The minimum atomic E-state index is -4.38. The fourth-order valence-electron chi connectivity index (χ4n) is 6.04. The van der Waals surface area contributed by atoms with Crippen LogP contribution in [-0.4, -0.2) is 74.9 Å². The van der Waals surface area contributed by atoms with Gasteiger partial charge in [0.25, 0.3) is 0 Å². The number of ether oxygens (including phenoxy) is 2. The van der Waals surface area contributed by atoms with Gasteiger partial charge in [0, 0.05) is 12.8 Å². The van der Waals surface area contributed by atoms with Crippen molar-refractivity contribution in [3.8, 4) is 0 Å². The van der Waals surface area contributed by atoms with Gasteiger partial charge in [0.1, 0.15) is 19.8 Å². The standard InChI is InChI=1S/C46H86NO8P/c1-6-8-10-12-14-16-18-20-21-22-23-24-25-27-29-31-33-35-37-39-46(49)55-44(43-54-56(50,51)53-41-40-47(3,4)5)42-52-45(48)38-36-34-32-30-28-26-19-17-15-13-11-9-7-2/h14,16,20-21,26,28,44H,6-13,15,17-19,22-25,27,29-43H2,1-5H3/p+1/b16-14+,21-20+,28-26+/t44-/m1/s1. The summed E-state index contributed by atoms with van der Waals surface area (Å²) < 4.78 is 34.3. The van der Waals surface area contributed by atoms with E-state index in [0.29, 0.717) is 23.9 Å². The van der Waals surface area contributed by atoms with Gasteiger partial charge in [0.2, 0.25) is 0 Å². The largest absolute Gasteiger partial charge is 0.472 e. The Morgan fingerprint density at radius 1 is 0.554 bits per heavy atom. The average molecular weight is 813 g/mol. The van der Waals surface area contributed by atoms with E-state index in [1.165, 1.54) is 96.3 Å². The summed E-state index contributed by atoms with van der Waals surface area (Å²) in [4.78, 5) is 35.4. The van der Waals surface area contributed by atoms with Gasteiger partial charge in [-0.15, -0.1) is 0 Å². The van der Waals surface area contributed by atoms with Crippen molar-refractivity contribution in [2.45, 2.75) is 200 Å². The highest BCUT2D eigenvalue weighted by molar-refractivity contribution is 7.47. The molecule has 0 bridgehead atoms. The van der Waals surface area contributed by atoms with E-state index in [9.17, 15) is 19.0 Å². The van der Waals surface area contributed by atoms with E-state index in [1.807, 2.05) is 21.1 Å². The Balaban J connectivity index is 4.34. The first-order valence-electron chi connectivity index (χ1n) is 22.7. The van der Waals surface area contributed by atoms with Gasteiger partial charge in [-0.25, -0.2) is 4.57 Å². The fourth-order valence-corrected chi connectivity index (χ4v) is 6.78. The van der Waals surface area contributed by atoms with Crippen LogP contribution in [0.25, 0.3) is 0 Å². The van der Waals surface area contributed by atoms with Crippen LogP contribution in [0.4, 0.5) is 0 Å². The molecule has 0 aliphatic heterocycles. The van der Waals surface area contributed by atoms with Gasteiger partial charge in [-0.05, 0) is 70.6 Å². The van der Waals surface area contributed by atoms with Gasteiger partial charge >= 0.3 is 19.8 Å². The number of carbonyl (C=O) groups is 2. The summed E-state index contributed by atoms with van der Waals surface area (Å²) in [6.07, 6.45) is 43.3. The number of rotatable bonds is 41. The molecule has 1 N–H and O–H groups in total. The zero-order valence-electron chi connectivity index (χ0n) is 36.9. The molecule has 10 heteroatoms. The first-order chi connectivity index (χ1) is 27.0. The lowest BCUT2D eigenvalue weighted by Crippen LogP contribution is -2.37. The van der Waals surface area contributed by atoms with Crippen molar-refractivity contribution in [2.24, 2.45) is 0 Å². The molecule has 0 rings (SSSR count). The molecule has 0 spiro atoms. The van der Waals surface area contributed by atoms with Gasteiger partial charge in [0.15, 0.2) is 6.10 Å². The molecule has 1 unspecified atom stereocenters. The first kappa shape index (κ1) is 54.2. The summed E-state index contributed by atoms with van der Waals surface area (Å²) in [6, 6.07) is 0. The second-order valence-corrected chi connectivity index (χ2v) is 17.9. The number of quaternary nitrogens is 1. The molecule has 0 aromatic carbocycles. The Bertz CT molecular complexity index is 1050. The molecule has 0 fully saturated rings. The van der Waals surface area contributed by atoms with Crippen LogP contribution in [0.1, 0.15) is 194 Å². The number of phosphoric acid groups is 1. The monoisotopic (exact) mass is 813 g/mol. The van der Waals surface area contributed by atoms with E-state index in [1.54, 1.807) is 0 Å². The van der Waals surface area contributed by atoms with Gasteiger partial charge in [-0.3, -0.25) is 18.6 Å². The van der Waals surface area contributed by atoms with Crippen molar-refractivity contribution in [1.29, 1.82) is 0 Å². The maximum Gasteiger partial charge on any atom is 0.472 e. The number of likely N-dealkylation sites (N-methyl/N-ethyl adjacent to an activating group) is 1. The number of nitrogens with zero attached hydrogens (tertiary/aromatic N) is 1. The number of phosphoric ester groups is 1. The first-order valence-corrected chi connectivity index (χ1v) is 24.2. The maximum atomic E-state index is 12.7. The number of allylic oxidation sites excluding steroid dienone is 6. The molecule has 0 heterocycles. The van der Waals surface area contributed by atoms with E-state index in [0.717, 1.165) is 57.8 Å². The molecule has 9 nitrogen and oxygen atoms in total. The number of unbranched alkanes of at least 4 members (excludes halogenated alkanes) is 21. The molecule has 0 aliphatic carbocycles. The highest BCUT2D eigenvalue weighted by Gasteiger charge is 2.27. The van der Waals surface area contributed by atoms with Crippen LogP contribution in [0.3, 0.4) is 0 Å². The van der Waals surface area contributed by atoms with Crippen molar-refractivity contribution in [1.82, 2.24) is 0 Å². The van der Waals surface area contributed by atoms with E-state index >= 15 is 0 Å². The van der Waals surface area contributed by atoms with Crippen molar-refractivity contribution in [3.05, 3.63) is 36.5 Å². The van der Waals surface area contributed by atoms with Crippen molar-refractivity contribution in [3.63, 3.8) is 0 Å². The fraction of sp³-hybridized carbons (Fsp3) is 0.826. The van der Waals surface area contributed by atoms with Crippen LogP contribution < -0.4 is 0 Å². The zero-order chi connectivity index (χ0) is 41.4. The number of carbonyl (C=O) groups excluding carboxylic acids is 2. The van der Waals surface area contributed by atoms with Gasteiger partial charge in [-0.1, -0.05) is 147 Å². The van der Waals surface area contributed by atoms with E-state index < -0.39 is 26.5 Å². The smallest absolute Gasteiger partial charge is 0.462 e. The van der Waals surface area contributed by atoms with Crippen LogP contribution >= 0.6 is 7.82 Å². The van der Waals surface area contributed by atoms with Crippen LogP contribution in [-0.2, 0) is 32.7 Å². The second-order valence-electron chi connectivity index (χ2n) is 16.4. The van der Waals surface area contributed by atoms with Crippen molar-refractivity contribution in [2.75, 3.05) is 47.5 Å². The highest BCUT2D eigenvalue weighted by Crippen LogP contribution is 2.43. The summed E-state index contributed by atoms with van der Waals surface area (Å²) >= 11 is 0. The molecule has 0 saturated carbocycles. The van der Waals surface area contributed by atoms with Crippen LogP contribution in [0.2, 0.25) is 0 Å². The quantitative estimate of drug-likeness (QED) is 0.0214. The van der Waals surface area contributed by atoms with Crippen LogP contribution in [0.15, 0.2) is 36.5 Å². The SMILES string of the molecule is CCCCC/C=C/C/C=C/CCCCCCCCCCCC(=O)O[C@H](COC(=O)CCCCC/C=C/CCCCCCCC)COP(=O)(O)OCC[N+](C)(C)C. The third-order valence-electron chi connectivity index (χ3n) is 9.64. The molecule has 0 radical (unpaired) electrons. The van der Waals surface area contributed by atoms with Crippen LogP contribution in [0.5, 0.6) is 0 Å². The summed E-state index contributed by atoms with van der Waals surface area (Å²) in [7, 11) is 1.47. The number of esters is 2. The number of hydrogen-bond donors (Lipinski definition) is 1. The molecule has 0 aromatic rings. The topological polar surface area (TPSA) is 108 Å². The van der Waals surface area contributed by atoms with Gasteiger partial charge < -0.3 is 18.9 Å². The van der Waals surface area contributed by atoms with E-state index in [-0.39, 0.29) is 32.0 Å². The van der Waals surface area contributed by atoms with Gasteiger partial charge in [-0.2, -0.15) is 0 Å². The van der Waals surface area contributed by atoms with E-state index in [2.05, 4.69) is 50.3 Å². The molecule has 0 aliphatic rings. The summed E-state index contributed by atoms with van der Waals surface area (Å²) in [5.41, 5.74) is 0. The highest BCUT2D eigenvalue weighted by atomic mass is 31.2. The van der Waals surface area contributed by atoms with Crippen molar-refractivity contribution >= 4 is 19.8 Å². The Labute approximate surface area is 344 Å². The summed E-state index contributed by atoms with van der Waals surface area (Å²) in [5.74, 6) is -0.820. The predicted octanol–water partition coefficient (Wildman–Crippen LogP) is 12.9. The molecule has 328 valence electrons. The normalized spacial score (nSPS) is 13.9. The molecular formula is C46H87NO8P+. The lowest BCUT2D eigenvalue weighted by molar-refractivity contribution is -0.870. The molecule has 0 saturated heterocycles. The third kappa shape index (κ3) is 41.9. The van der Waals surface area contributed by atoms with Crippen molar-refractivity contribution < 1.29 is 42.1 Å². The maximum absolute atomic E-state index is 12.7. The Morgan fingerprint density at radius 2 is 0.964 bits per heavy atom. The summed E-state index contributed by atoms with van der Waals surface area (Å²) in [6.45, 7) is 4.37. The second kappa shape index (κ2) is 38.7. The molecule has 0 amide bonds. The Morgan fingerprint density at radius 3 is 1.48 bits per heavy atom. The third-order valence-corrected chi connectivity index (χ3v) is 10.6. The minimum absolute atomic E-state index is 0.0286. The Hall–Kier alpha value is -1.77. The van der Waals surface area contributed by atoms with E-state index in [4.69, 9.17) is 18.5 Å². The minimum Gasteiger partial charge on any atom is -0.462 e. The lowest BCUT2D eigenvalue weighted by atomic mass is 10.1. The van der Waals surface area contributed by atoms with Gasteiger partial charge in [0.05, 0.1) is 27.7 Å². The molecule has 56 heavy (non-hydrogen) atoms. The zero-order valence-corrected chi connectivity index (χ0v) is 37.8. The van der Waals surface area contributed by atoms with Crippen LogP contribution in [0, 0.1) is 0 Å². The Kier molecular flexibility index (Phi) is 37.5. The molecular weight excluding hydrogens is 725 g/mol. The average Bonchev–Trinajstić information content (AvgIpc) is 3.15. The molecule has 2 atom stereocenters. The molecule has 0 aromatic heterocycles.